The predicted molar refractivity (Wildman–Crippen MR) is 58.8 cm³/mol. The van der Waals surface area contributed by atoms with Crippen molar-refractivity contribution in [2.45, 2.75) is 0 Å². The summed E-state index contributed by atoms with van der Waals surface area (Å²) in [6.45, 7) is 4.49. The minimum Gasteiger partial charge on any atom is -0.306 e. The fourth-order valence-corrected chi connectivity index (χ4v) is 1.24. The van der Waals surface area contributed by atoms with E-state index in [-0.39, 0.29) is 5.78 Å². The van der Waals surface area contributed by atoms with Crippen LogP contribution in [0.15, 0.2) is 36.9 Å². The molecular weight excluding hydrogens is 198 g/mol. The first-order valence-corrected chi connectivity index (χ1v) is 4.72. The molecule has 0 aromatic heterocycles. The Kier molecular flexibility index (Phi) is 4.36. The van der Waals surface area contributed by atoms with Crippen molar-refractivity contribution in [3.8, 4) is 0 Å². The lowest BCUT2D eigenvalue weighted by Gasteiger charge is -2.01. The lowest BCUT2D eigenvalue weighted by atomic mass is 10.1. The van der Waals surface area contributed by atoms with E-state index in [4.69, 9.17) is 11.6 Å². The van der Waals surface area contributed by atoms with Crippen molar-refractivity contribution in [1.82, 2.24) is 5.32 Å². The highest BCUT2D eigenvalue weighted by atomic mass is 35.5. The van der Waals surface area contributed by atoms with E-state index in [1.54, 1.807) is 30.3 Å². The molecule has 1 aromatic rings. The van der Waals surface area contributed by atoms with Gasteiger partial charge in [-0.15, -0.1) is 6.58 Å². The maximum atomic E-state index is 11.5. The lowest BCUT2D eigenvalue weighted by Crippen LogP contribution is -2.22. The van der Waals surface area contributed by atoms with Crippen LogP contribution >= 0.6 is 11.6 Å². The first-order valence-electron chi connectivity index (χ1n) is 4.34. The van der Waals surface area contributed by atoms with Crippen LogP contribution in [0.4, 0.5) is 0 Å². The van der Waals surface area contributed by atoms with Crippen molar-refractivity contribution in [2.24, 2.45) is 0 Å². The third kappa shape index (κ3) is 3.32. The maximum Gasteiger partial charge on any atom is 0.176 e. The number of benzene rings is 1. The number of ketones is 1. The van der Waals surface area contributed by atoms with Gasteiger partial charge in [-0.2, -0.15) is 0 Å². The van der Waals surface area contributed by atoms with Crippen molar-refractivity contribution in [2.75, 3.05) is 13.1 Å². The Bertz CT molecular complexity index is 336. The highest BCUT2D eigenvalue weighted by Crippen LogP contribution is 2.10. The zero-order valence-electron chi connectivity index (χ0n) is 7.79. The van der Waals surface area contributed by atoms with Gasteiger partial charge >= 0.3 is 0 Å². The number of rotatable bonds is 5. The molecule has 0 amide bonds. The molecule has 0 unspecified atom stereocenters. The monoisotopic (exact) mass is 209 g/mol. The molecule has 0 fully saturated rings. The number of hydrogen-bond acceptors (Lipinski definition) is 2. The highest BCUT2D eigenvalue weighted by Gasteiger charge is 2.04. The van der Waals surface area contributed by atoms with Crippen molar-refractivity contribution in [1.29, 1.82) is 0 Å². The van der Waals surface area contributed by atoms with E-state index in [2.05, 4.69) is 11.9 Å². The molecule has 0 spiro atoms. The van der Waals surface area contributed by atoms with E-state index in [1.807, 2.05) is 0 Å². The van der Waals surface area contributed by atoms with Crippen LogP contribution in [0.2, 0.25) is 5.02 Å². The number of halogens is 1. The standard InChI is InChI=1S/C11H12ClNO/c1-2-6-13-8-11(14)9-4-3-5-10(12)7-9/h2-5,7,13H,1,6,8H2. The Balaban J connectivity index is 2.56. The summed E-state index contributed by atoms with van der Waals surface area (Å²) in [5.41, 5.74) is 0.633. The van der Waals surface area contributed by atoms with Crippen LogP contribution in [-0.4, -0.2) is 18.9 Å². The van der Waals surface area contributed by atoms with Gasteiger partial charge in [0.15, 0.2) is 5.78 Å². The van der Waals surface area contributed by atoms with Gasteiger partial charge in [0.25, 0.3) is 0 Å². The molecule has 0 aliphatic carbocycles. The lowest BCUT2D eigenvalue weighted by molar-refractivity contribution is 0.0992. The van der Waals surface area contributed by atoms with Gasteiger partial charge in [0, 0.05) is 17.1 Å². The van der Waals surface area contributed by atoms with E-state index in [0.717, 1.165) is 0 Å². The van der Waals surface area contributed by atoms with E-state index < -0.39 is 0 Å². The summed E-state index contributed by atoms with van der Waals surface area (Å²) in [5, 5.41) is 3.53. The van der Waals surface area contributed by atoms with Crippen LogP contribution in [0.5, 0.6) is 0 Å². The quantitative estimate of drug-likeness (QED) is 0.458. The highest BCUT2D eigenvalue weighted by molar-refractivity contribution is 6.31. The zero-order valence-corrected chi connectivity index (χ0v) is 8.55. The Labute approximate surface area is 88.6 Å². The first kappa shape index (κ1) is 11.0. The van der Waals surface area contributed by atoms with E-state index in [1.165, 1.54) is 0 Å². The van der Waals surface area contributed by atoms with Crippen molar-refractivity contribution in [3.05, 3.63) is 47.5 Å². The minimum atomic E-state index is 0.0364. The van der Waals surface area contributed by atoms with Gasteiger partial charge in [-0.1, -0.05) is 29.8 Å². The first-order chi connectivity index (χ1) is 6.74. The molecule has 1 rings (SSSR count). The maximum absolute atomic E-state index is 11.5. The zero-order chi connectivity index (χ0) is 10.4. The molecule has 1 aromatic carbocycles. The SMILES string of the molecule is C=CCNCC(=O)c1cccc(Cl)c1. The average molecular weight is 210 g/mol. The molecule has 14 heavy (non-hydrogen) atoms. The number of Topliss-reactive ketones (excluding diaryl/α,β-unsaturated/α-hetero) is 1. The summed E-state index contributed by atoms with van der Waals surface area (Å²) in [5.74, 6) is 0.0364. The van der Waals surface area contributed by atoms with Gasteiger partial charge in [0.2, 0.25) is 0 Å². The summed E-state index contributed by atoms with van der Waals surface area (Å²) in [4.78, 5) is 11.5. The Morgan fingerprint density at radius 1 is 1.57 bits per heavy atom. The van der Waals surface area contributed by atoms with Gasteiger partial charge in [-0.3, -0.25) is 4.79 Å². The molecule has 0 aliphatic rings. The van der Waals surface area contributed by atoms with Gasteiger partial charge in [-0.25, -0.2) is 0 Å². The predicted octanol–water partition coefficient (Wildman–Crippen LogP) is 2.30. The van der Waals surface area contributed by atoms with Gasteiger partial charge < -0.3 is 5.32 Å². The van der Waals surface area contributed by atoms with Crippen LogP contribution in [-0.2, 0) is 0 Å². The second-order valence-corrected chi connectivity index (χ2v) is 3.29. The molecule has 0 radical (unpaired) electrons. The molecular formula is C11H12ClNO. The smallest absolute Gasteiger partial charge is 0.176 e. The number of carbonyl (C=O) groups excluding carboxylic acids is 1. The average Bonchev–Trinajstić information content (AvgIpc) is 2.18. The summed E-state index contributed by atoms with van der Waals surface area (Å²) >= 11 is 5.76. The molecule has 0 saturated carbocycles. The van der Waals surface area contributed by atoms with Crippen molar-refractivity contribution in [3.63, 3.8) is 0 Å². The molecule has 74 valence electrons. The van der Waals surface area contributed by atoms with E-state index in [0.29, 0.717) is 23.7 Å². The molecule has 0 atom stereocenters. The molecule has 3 heteroatoms. The van der Waals surface area contributed by atoms with Gasteiger partial charge in [-0.05, 0) is 12.1 Å². The van der Waals surface area contributed by atoms with Crippen LogP contribution in [0.25, 0.3) is 0 Å². The second kappa shape index (κ2) is 5.58. The summed E-state index contributed by atoms with van der Waals surface area (Å²) in [6.07, 6.45) is 1.71. The Morgan fingerprint density at radius 3 is 3.00 bits per heavy atom. The van der Waals surface area contributed by atoms with Gasteiger partial charge in [0.1, 0.15) is 0 Å². The third-order valence-corrected chi connectivity index (χ3v) is 1.96. The van der Waals surface area contributed by atoms with Crippen molar-refractivity contribution < 1.29 is 4.79 Å². The van der Waals surface area contributed by atoms with Crippen LogP contribution in [0.3, 0.4) is 0 Å². The van der Waals surface area contributed by atoms with E-state index in [9.17, 15) is 4.79 Å². The molecule has 0 heterocycles. The van der Waals surface area contributed by atoms with Crippen molar-refractivity contribution >= 4 is 17.4 Å². The number of nitrogens with one attached hydrogen (secondary N) is 1. The fraction of sp³-hybridized carbons (Fsp3) is 0.182. The molecule has 0 saturated heterocycles. The topological polar surface area (TPSA) is 29.1 Å². The van der Waals surface area contributed by atoms with Crippen LogP contribution in [0.1, 0.15) is 10.4 Å². The molecule has 1 N–H and O–H groups in total. The number of hydrogen-bond donors (Lipinski definition) is 1. The summed E-state index contributed by atoms with van der Waals surface area (Å²) in [7, 11) is 0. The van der Waals surface area contributed by atoms with E-state index >= 15 is 0 Å². The van der Waals surface area contributed by atoms with Crippen LogP contribution in [0, 0.1) is 0 Å². The largest absolute Gasteiger partial charge is 0.306 e. The molecule has 0 aliphatic heterocycles. The normalized spacial score (nSPS) is 9.79. The van der Waals surface area contributed by atoms with Gasteiger partial charge in [0.05, 0.1) is 6.54 Å². The van der Waals surface area contributed by atoms with Crippen LogP contribution < -0.4 is 5.32 Å². The molecule has 0 bridgehead atoms. The Hall–Kier alpha value is -1.12. The summed E-state index contributed by atoms with van der Waals surface area (Å²) in [6, 6.07) is 6.93. The number of carbonyl (C=O) groups is 1. The second-order valence-electron chi connectivity index (χ2n) is 2.85. The third-order valence-electron chi connectivity index (χ3n) is 1.72. The Morgan fingerprint density at radius 2 is 2.36 bits per heavy atom. The fourth-order valence-electron chi connectivity index (χ4n) is 1.05. The summed E-state index contributed by atoms with van der Waals surface area (Å²) < 4.78 is 0. The minimum absolute atomic E-state index is 0.0364. The molecule has 2 nitrogen and oxygen atoms in total.